The van der Waals surface area contributed by atoms with Gasteiger partial charge in [-0.2, -0.15) is 0 Å². The van der Waals surface area contributed by atoms with E-state index in [0.29, 0.717) is 0 Å². The van der Waals surface area contributed by atoms with E-state index in [1.807, 2.05) is 13.8 Å². The Kier molecular flexibility index (Phi) is 4.95. The number of benzene rings is 1. The number of aryl methyl sites for hydroxylation is 3. The summed E-state index contributed by atoms with van der Waals surface area (Å²) in [5, 5.41) is 5.71. The molecule has 3 heteroatoms. The summed E-state index contributed by atoms with van der Waals surface area (Å²) in [5.41, 5.74) is 4.63. The summed E-state index contributed by atoms with van der Waals surface area (Å²) in [4.78, 5) is 1.35. The standard InChI is InChI=1S/C17H22FNS/c1-5-13-7-8-20-17(13)16(19-6-2)15-11(3)9-14(18)10-12(15)4/h7-10,16,19H,5-6H2,1-4H3. The van der Waals surface area contributed by atoms with Crippen molar-refractivity contribution in [3.8, 4) is 0 Å². The maximum Gasteiger partial charge on any atom is 0.123 e. The molecule has 0 bridgehead atoms. The van der Waals surface area contributed by atoms with Gasteiger partial charge in [0.25, 0.3) is 0 Å². The predicted octanol–water partition coefficient (Wildman–Crippen LogP) is 4.77. The Labute approximate surface area is 124 Å². The van der Waals surface area contributed by atoms with Crippen molar-refractivity contribution in [2.45, 2.75) is 40.2 Å². The van der Waals surface area contributed by atoms with E-state index in [0.717, 1.165) is 24.1 Å². The van der Waals surface area contributed by atoms with E-state index in [-0.39, 0.29) is 11.9 Å². The van der Waals surface area contributed by atoms with Gasteiger partial charge in [0.05, 0.1) is 6.04 Å². The summed E-state index contributed by atoms with van der Waals surface area (Å²) in [6.07, 6.45) is 1.03. The Bertz CT molecular complexity index is 565. The van der Waals surface area contributed by atoms with Gasteiger partial charge in [-0.3, -0.25) is 0 Å². The van der Waals surface area contributed by atoms with Gasteiger partial charge >= 0.3 is 0 Å². The highest BCUT2D eigenvalue weighted by atomic mass is 32.1. The van der Waals surface area contributed by atoms with Gasteiger partial charge in [0, 0.05) is 4.88 Å². The lowest BCUT2D eigenvalue weighted by Gasteiger charge is -2.23. The molecule has 0 aliphatic carbocycles. The van der Waals surface area contributed by atoms with Crippen molar-refractivity contribution >= 4 is 11.3 Å². The van der Waals surface area contributed by atoms with Gasteiger partial charge in [-0.15, -0.1) is 11.3 Å². The molecule has 0 aliphatic rings. The maximum absolute atomic E-state index is 13.5. The van der Waals surface area contributed by atoms with Crippen molar-refractivity contribution < 1.29 is 4.39 Å². The van der Waals surface area contributed by atoms with Crippen molar-refractivity contribution in [3.05, 3.63) is 56.5 Å². The molecule has 0 amide bonds. The van der Waals surface area contributed by atoms with Crippen LogP contribution in [-0.4, -0.2) is 6.54 Å². The van der Waals surface area contributed by atoms with Crippen molar-refractivity contribution in [1.82, 2.24) is 5.32 Å². The van der Waals surface area contributed by atoms with E-state index in [2.05, 4.69) is 30.6 Å². The second-order valence-corrected chi connectivity index (χ2v) is 6.06. The highest BCUT2D eigenvalue weighted by Crippen LogP contribution is 2.34. The summed E-state index contributed by atoms with van der Waals surface area (Å²) in [6, 6.07) is 5.62. The molecule has 1 atom stereocenters. The van der Waals surface area contributed by atoms with Crippen molar-refractivity contribution in [3.63, 3.8) is 0 Å². The molecule has 0 fully saturated rings. The smallest absolute Gasteiger partial charge is 0.123 e. The Hall–Kier alpha value is -1.19. The molecule has 0 saturated carbocycles. The van der Waals surface area contributed by atoms with Gasteiger partial charge in [-0.1, -0.05) is 13.8 Å². The zero-order chi connectivity index (χ0) is 14.7. The first-order valence-electron chi connectivity index (χ1n) is 7.14. The molecule has 0 radical (unpaired) electrons. The first-order valence-corrected chi connectivity index (χ1v) is 8.02. The van der Waals surface area contributed by atoms with E-state index >= 15 is 0 Å². The molecule has 2 aromatic rings. The zero-order valence-electron chi connectivity index (χ0n) is 12.6. The number of thiophene rings is 1. The number of hydrogen-bond donors (Lipinski definition) is 1. The van der Waals surface area contributed by atoms with Crippen LogP contribution in [-0.2, 0) is 6.42 Å². The Morgan fingerprint density at radius 3 is 2.40 bits per heavy atom. The monoisotopic (exact) mass is 291 g/mol. The minimum Gasteiger partial charge on any atom is -0.306 e. The maximum atomic E-state index is 13.5. The highest BCUT2D eigenvalue weighted by molar-refractivity contribution is 7.10. The fourth-order valence-electron chi connectivity index (χ4n) is 2.80. The second kappa shape index (κ2) is 6.51. The number of halogens is 1. The molecule has 1 nitrogen and oxygen atoms in total. The van der Waals surface area contributed by atoms with Gasteiger partial charge in [0.2, 0.25) is 0 Å². The third-order valence-electron chi connectivity index (χ3n) is 3.68. The Balaban J connectivity index is 2.54. The topological polar surface area (TPSA) is 12.0 Å². The SMILES string of the molecule is CCNC(c1sccc1CC)c1c(C)cc(F)cc1C. The van der Waals surface area contributed by atoms with Gasteiger partial charge < -0.3 is 5.32 Å². The third kappa shape index (κ3) is 2.94. The van der Waals surface area contributed by atoms with E-state index in [1.54, 1.807) is 23.5 Å². The summed E-state index contributed by atoms with van der Waals surface area (Å²) >= 11 is 1.78. The van der Waals surface area contributed by atoms with Crippen LogP contribution in [0.4, 0.5) is 4.39 Å². The van der Waals surface area contributed by atoms with Crippen LogP contribution >= 0.6 is 11.3 Å². The van der Waals surface area contributed by atoms with Gasteiger partial charge in [0.15, 0.2) is 0 Å². The van der Waals surface area contributed by atoms with Crippen LogP contribution in [0.2, 0.25) is 0 Å². The van der Waals surface area contributed by atoms with Crippen LogP contribution in [0.25, 0.3) is 0 Å². The van der Waals surface area contributed by atoms with Gasteiger partial charge in [0.1, 0.15) is 5.82 Å². The summed E-state index contributed by atoms with van der Waals surface area (Å²) in [7, 11) is 0. The average molecular weight is 291 g/mol. The second-order valence-electron chi connectivity index (χ2n) is 5.11. The first-order chi connectivity index (χ1) is 9.58. The van der Waals surface area contributed by atoms with Gasteiger partial charge in [-0.25, -0.2) is 4.39 Å². The molecule has 1 aromatic heterocycles. The van der Waals surface area contributed by atoms with E-state index in [9.17, 15) is 4.39 Å². The fourth-order valence-corrected chi connectivity index (χ4v) is 3.88. The third-order valence-corrected chi connectivity index (χ3v) is 4.70. The lowest BCUT2D eigenvalue weighted by molar-refractivity contribution is 0.608. The van der Waals surface area contributed by atoms with Crippen LogP contribution in [0.3, 0.4) is 0 Å². The number of rotatable bonds is 5. The quantitative estimate of drug-likeness (QED) is 0.837. The lowest BCUT2D eigenvalue weighted by atomic mass is 9.93. The molecule has 108 valence electrons. The fraction of sp³-hybridized carbons (Fsp3) is 0.412. The highest BCUT2D eigenvalue weighted by Gasteiger charge is 2.21. The molecule has 1 heterocycles. The van der Waals surface area contributed by atoms with Crippen LogP contribution < -0.4 is 5.32 Å². The normalized spacial score (nSPS) is 12.7. The van der Waals surface area contributed by atoms with E-state index in [1.165, 1.54) is 16.0 Å². The molecule has 1 unspecified atom stereocenters. The Morgan fingerprint density at radius 2 is 1.85 bits per heavy atom. The summed E-state index contributed by atoms with van der Waals surface area (Å²) in [6.45, 7) is 9.17. The van der Waals surface area contributed by atoms with Crippen LogP contribution in [0.15, 0.2) is 23.6 Å². The molecular formula is C17H22FNS. The molecule has 20 heavy (non-hydrogen) atoms. The molecule has 1 aromatic carbocycles. The number of nitrogens with one attached hydrogen (secondary N) is 1. The molecule has 2 rings (SSSR count). The molecule has 0 aliphatic heterocycles. The first kappa shape index (κ1) is 15.2. The predicted molar refractivity (Wildman–Crippen MR) is 85.1 cm³/mol. The lowest BCUT2D eigenvalue weighted by Crippen LogP contribution is -2.23. The Morgan fingerprint density at radius 1 is 1.20 bits per heavy atom. The largest absolute Gasteiger partial charge is 0.306 e. The van der Waals surface area contributed by atoms with E-state index < -0.39 is 0 Å². The van der Waals surface area contributed by atoms with Gasteiger partial charge in [-0.05, 0) is 72.6 Å². The summed E-state index contributed by atoms with van der Waals surface area (Å²) < 4.78 is 13.5. The van der Waals surface area contributed by atoms with Crippen molar-refractivity contribution in [1.29, 1.82) is 0 Å². The van der Waals surface area contributed by atoms with Crippen molar-refractivity contribution in [2.24, 2.45) is 0 Å². The van der Waals surface area contributed by atoms with Crippen LogP contribution in [0, 0.1) is 19.7 Å². The number of hydrogen-bond acceptors (Lipinski definition) is 2. The van der Waals surface area contributed by atoms with Crippen molar-refractivity contribution in [2.75, 3.05) is 6.54 Å². The zero-order valence-corrected chi connectivity index (χ0v) is 13.4. The minimum atomic E-state index is -0.152. The van der Waals surface area contributed by atoms with E-state index in [4.69, 9.17) is 0 Å². The molecule has 0 saturated heterocycles. The summed E-state index contributed by atoms with van der Waals surface area (Å²) in [5.74, 6) is -0.152. The molecular weight excluding hydrogens is 269 g/mol. The average Bonchev–Trinajstić information content (AvgIpc) is 2.84. The van der Waals surface area contributed by atoms with Crippen LogP contribution in [0.1, 0.15) is 47.0 Å². The molecule has 0 spiro atoms. The minimum absolute atomic E-state index is 0.152. The van der Waals surface area contributed by atoms with Crippen LogP contribution in [0.5, 0.6) is 0 Å². The molecule has 1 N–H and O–H groups in total.